The lowest BCUT2D eigenvalue weighted by molar-refractivity contribution is -0.367. The zero-order valence-electron chi connectivity index (χ0n) is 30.4. The van der Waals surface area contributed by atoms with Crippen LogP contribution in [-0.2, 0) is 33.2 Å². The Hall–Kier alpha value is -0.960. The molecule has 0 spiro atoms. The molecule has 17 N–H and O–H groups in total. The third-order valence-corrected chi connectivity index (χ3v) is 11.4. The Bertz CT molecular complexity index is 1220. The first-order valence-corrected chi connectivity index (χ1v) is 18.4. The van der Waals surface area contributed by atoms with Crippen molar-refractivity contribution in [1.82, 2.24) is 5.32 Å². The summed E-state index contributed by atoms with van der Waals surface area (Å²) in [6.45, 7) is -0.358. The standard InChI is InChI=1S/C32H57NO23/c1-7-13(33-14-16(39)9(3-34)27(22(45)19(14)42)54-31-25(48)20(43)17(40)10(4-35)52-31)18(41)24(47)30(51-7)55-29-12(6-37)53-32(26(49)23(29)46)56-28-11(5-36)50-8(2)15(38)21(28)44/h7-49H,3-6H2,1-2H3/t7-,8?,9+,10?,11-,12?,13?,14+,15?,16-,17-,18+,19?,20?,21-,22-,23?,24?,25-,26-,27?,28-,29?,30?,31?,32-/m1/s1. The van der Waals surface area contributed by atoms with Gasteiger partial charge < -0.3 is 120 Å². The van der Waals surface area contributed by atoms with Gasteiger partial charge in [-0.05, 0) is 13.8 Å². The second kappa shape index (κ2) is 19.2. The molecule has 4 heterocycles. The van der Waals surface area contributed by atoms with Crippen LogP contribution in [0, 0.1) is 5.92 Å². The van der Waals surface area contributed by atoms with Crippen molar-refractivity contribution >= 4 is 0 Å². The van der Waals surface area contributed by atoms with Gasteiger partial charge in [0.1, 0.15) is 97.7 Å². The van der Waals surface area contributed by atoms with E-state index in [4.69, 9.17) is 33.2 Å². The molecule has 0 aromatic heterocycles. The van der Waals surface area contributed by atoms with Crippen LogP contribution < -0.4 is 5.32 Å². The third kappa shape index (κ3) is 8.90. The molecule has 0 radical (unpaired) electrons. The van der Waals surface area contributed by atoms with Gasteiger partial charge in [-0.15, -0.1) is 0 Å². The van der Waals surface area contributed by atoms with Gasteiger partial charge in [0, 0.05) is 5.92 Å². The van der Waals surface area contributed by atoms with Crippen molar-refractivity contribution in [2.24, 2.45) is 5.92 Å². The Morgan fingerprint density at radius 1 is 0.375 bits per heavy atom. The summed E-state index contributed by atoms with van der Waals surface area (Å²) in [6.07, 6.45) is -38.0. The van der Waals surface area contributed by atoms with Gasteiger partial charge in [-0.2, -0.15) is 0 Å². The van der Waals surface area contributed by atoms with E-state index in [0.717, 1.165) is 0 Å². The molecule has 0 bridgehead atoms. The van der Waals surface area contributed by atoms with E-state index in [1.54, 1.807) is 0 Å². The minimum Gasteiger partial charge on any atom is -0.396 e. The summed E-state index contributed by atoms with van der Waals surface area (Å²) in [7, 11) is 0. The van der Waals surface area contributed by atoms with Crippen molar-refractivity contribution in [3.8, 4) is 0 Å². The fourth-order valence-electron chi connectivity index (χ4n) is 7.93. The zero-order valence-corrected chi connectivity index (χ0v) is 30.4. The molecule has 24 nitrogen and oxygen atoms in total. The topological polar surface area (TPSA) is 400 Å². The van der Waals surface area contributed by atoms with Crippen molar-refractivity contribution in [2.45, 2.75) is 167 Å². The average Bonchev–Trinajstić information content (AvgIpc) is 3.18. The molecule has 56 heavy (non-hydrogen) atoms. The normalized spacial score (nSPS) is 54.5. The number of aliphatic hydroxyl groups is 16. The van der Waals surface area contributed by atoms with E-state index in [1.165, 1.54) is 13.8 Å². The molecule has 4 saturated heterocycles. The SMILES string of the molecule is CC1O[C@H](CO)[C@@H](O[C@H]2OC(CO)C(OC3O[C@H](C)C(N[C@@H]4C(O)[C@@H](O)C(OC5OC(CO)[C@@H](O)C(O)[C@H]5O)[C@@H](CO)[C@H]4O)[C@H](O)C3O)C(O)[C@H]2O)[C@H](O)C1O. The summed E-state index contributed by atoms with van der Waals surface area (Å²) >= 11 is 0. The van der Waals surface area contributed by atoms with Crippen molar-refractivity contribution in [1.29, 1.82) is 0 Å². The van der Waals surface area contributed by atoms with Gasteiger partial charge in [0.2, 0.25) is 0 Å². The molecule has 1 aliphatic carbocycles. The molecule has 4 aliphatic heterocycles. The zero-order chi connectivity index (χ0) is 41.5. The average molecular weight is 824 g/mol. The van der Waals surface area contributed by atoms with Gasteiger partial charge in [0.25, 0.3) is 0 Å². The van der Waals surface area contributed by atoms with Crippen LogP contribution in [0.15, 0.2) is 0 Å². The highest BCUT2D eigenvalue weighted by atomic mass is 16.7. The minimum atomic E-state index is -1.96. The first kappa shape index (κ1) is 46.1. The number of rotatable bonds is 12. The molecular weight excluding hydrogens is 766 g/mol. The number of nitrogens with one attached hydrogen (secondary N) is 1. The Morgan fingerprint density at radius 2 is 0.804 bits per heavy atom. The fourth-order valence-corrected chi connectivity index (χ4v) is 7.93. The van der Waals surface area contributed by atoms with Crippen molar-refractivity contribution in [2.75, 3.05) is 26.4 Å². The number of aliphatic hydroxyl groups excluding tert-OH is 16. The van der Waals surface area contributed by atoms with E-state index >= 15 is 0 Å². The summed E-state index contributed by atoms with van der Waals surface area (Å²) in [6, 6.07) is -2.88. The monoisotopic (exact) mass is 823 g/mol. The molecule has 1 saturated carbocycles. The Morgan fingerprint density at radius 3 is 1.36 bits per heavy atom. The predicted molar refractivity (Wildman–Crippen MR) is 175 cm³/mol. The lowest BCUT2D eigenvalue weighted by Crippen LogP contribution is -2.73. The van der Waals surface area contributed by atoms with Gasteiger partial charge in [0.15, 0.2) is 18.9 Å². The highest BCUT2D eigenvalue weighted by Crippen LogP contribution is 2.35. The summed E-state index contributed by atoms with van der Waals surface area (Å²) in [5.74, 6) is -1.42. The fraction of sp³-hybridized carbons (Fsp3) is 1.00. The van der Waals surface area contributed by atoms with Crippen LogP contribution in [0.3, 0.4) is 0 Å². The maximum atomic E-state index is 11.3. The van der Waals surface area contributed by atoms with E-state index in [1.807, 2.05) is 0 Å². The lowest BCUT2D eigenvalue weighted by Gasteiger charge is -2.51. The lowest BCUT2D eigenvalue weighted by atomic mass is 9.76. The summed E-state index contributed by atoms with van der Waals surface area (Å²) in [5, 5.41) is 171. The Balaban J connectivity index is 1.22. The largest absolute Gasteiger partial charge is 0.396 e. The van der Waals surface area contributed by atoms with Crippen LogP contribution >= 0.6 is 0 Å². The molecule has 328 valence electrons. The number of ether oxygens (including phenoxy) is 7. The Kier molecular flexibility index (Phi) is 15.8. The van der Waals surface area contributed by atoms with Gasteiger partial charge in [-0.25, -0.2) is 0 Å². The number of hydrogen-bond donors (Lipinski definition) is 17. The van der Waals surface area contributed by atoms with E-state index in [9.17, 15) is 81.7 Å². The molecule has 5 aliphatic rings. The molecule has 5 fully saturated rings. The first-order chi connectivity index (χ1) is 26.4. The van der Waals surface area contributed by atoms with Crippen molar-refractivity contribution in [3.63, 3.8) is 0 Å². The van der Waals surface area contributed by atoms with Crippen molar-refractivity contribution in [3.05, 3.63) is 0 Å². The molecule has 0 aromatic rings. The van der Waals surface area contributed by atoms with Gasteiger partial charge in [-0.3, -0.25) is 0 Å². The maximum Gasteiger partial charge on any atom is 0.187 e. The van der Waals surface area contributed by atoms with E-state index in [2.05, 4.69) is 5.32 Å². The molecule has 5 rings (SSSR count). The van der Waals surface area contributed by atoms with Crippen LogP contribution in [0.2, 0.25) is 0 Å². The van der Waals surface area contributed by atoms with Crippen LogP contribution in [0.4, 0.5) is 0 Å². The second-order valence-corrected chi connectivity index (χ2v) is 15.0. The van der Waals surface area contributed by atoms with Gasteiger partial charge >= 0.3 is 0 Å². The van der Waals surface area contributed by atoms with Crippen LogP contribution in [-0.4, -0.2) is 261 Å². The third-order valence-electron chi connectivity index (χ3n) is 11.4. The summed E-state index contributed by atoms with van der Waals surface area (Å²) in [5.41, 5.74) is 0. The molecule has 24 heteroatoms. The van der Waals surface area contributed by atoms with E-state index < -0.39 is 185 Å². The summed E-state index contributed by atoms with van der Waals surface area (Å²) in [4.78, 5) is 0. The van der Waals surface area contributed by atoms with Gasteiger partial charge in [0.05, 0.1) is 62.9 Å². The maximum absolute atomic E-state index is 11.3. The highest BCUT2D eigenvalue weighted by molar-refractivity contribution is 5.06. The Labute approximate surface area is 319 Å². The highest BCUT2D eigenvalue weighted by Gasteiger charge is 2.56. The second-order valence-electron chi connectivity index (χ2n) is 15.0. The molecule has 0 aromatic carbocycles. The van der Waals surface area contributed by atoms with E-state index in [-0.39, 0.29) is 0 Å². The molecule has 26 atom stereocenters. The van der Waals surface area contributed by atoms with Gasteiger partial charge in [-0.1, -0.05) is 0 Å². The molecule has 13 unspecified atom stereocenters. The van der Waals surface area contributed by atoms with Crippen LogP contribution in [0.1, 0.15) is 13.8 Å². The summed E-state index contributed by atoms with van der Waals surface area (Å²) < 4.78 is 39.1. The first-order valence-electron chi connectivity index (χ1n) is 18.4. The molecule has 0 amide bonds. The predicted octanol–water partition coefficient (Wildman–Crippen LogP) is -10.6. The quantitative estimate of drug-likeness (QED) is 0.0869. The molecular formula is C32H57NO23. The van der Waals surface area contributed by atoms with Crippen LogP contribution in [0.25, 0.3) is 0 Å². The van der Waals surface area contributed by atoms with E-state index in [0.29, 0.717) is 0 Å². The van der Waals surface area contributed by atoms with Crippen LogP contribution in [0.5, 0.6) is 0 Å². The number of hydrogen-bond acceptors (Lipinski definition) is 24. The van der Waals surface area contributed by atoms with Crippen molar-refractivity contribution < 1.29 is 115 Å². The smallest absolute Gasteiger partial charge is 0.187 e. The minimum absolute atomic E-state index is 0.658.